The van der Waals surface area contributed by atoms with Crippen LogP contribution in [0.2, 0.25) is 0 Å². The molecule has 1 fully saturated rings. The number of ether oxygens (including phenoxy) is 1. The zero-order valence-corrected chi connectivity index (χ0v) is 10.7. The lowest BCUT2D eigenvalue weighted by Crippen LogP contribution is -2.42. The predicted molar refractivity (Wildman–Crippen MR) is 66.2 cm³/mol. The number of hydrogen-bond acceptors (Lipinski definition) is 2. The van der Waals surface area contributed by atoms with Crippen molar-refractivity contribution in [3.63, 3.8) is 0 Å². The van der Waals surface area contributed by atoms with Gasteiger partial charge in [0.05, 0.1) is 10.7 Å². The Labute approximate surface area is 103 Å². The number of carbonyl (C=O) groups is 1. The Morgan fingerprint density at radius 2 is 2.20 bits per heavy atom. The number of nitrogens with zero attached hydrogens (tertiary/aromatic N) is 1. The molecule has 0 N–H and O–H groups in total. The van der Waals surface area contributed by atoms with Crippen molar-refractivity contribution in [3.05, 3.63) is 27.3 Å². The highest BCUT2D eigenvalue weighted by molar-refractivity contribution is 14.1. The molecule has 4 heteroatoms. The molecule has 1 aromatic carbocycles. The summed E-state index contributed by atoms with van der Waals surface area (Å²) < 4.78 is 6.21. The molecular weight excluding hydrogens is 305 g/mol. The fourth-order valence-electron chi connectivity index (χ4n) is 1.49. The molecule has 0 atom stereocenters. The Hall–Kier alpha value is -0.780. The SMILES string of the molecule is COc1cc(C(=O)N2CCC2)ccc1I. The first-order chi connectivity index (χ1) is 7.22. The smallest absolute Gasteiger partial charge is 0.253 e. The van der Waals surface area contributed by atoms with Crippen molar-refractivity contribution in [1.82, 2.24) is 4.90 Å². The monoisotopic (exact) mass is 317 g/mol. The van der Waals surface area contributed by atoms with Crippen LogP contribution < -0.4 is 4.74 Å². The Morgan fingerprint density at radius 1 is 1.47 bits per heavy atom. The van der Waals surface area contributed by atoms with E-state index in [9.17, 15) is 4.79 Å². The summed E-state index contributed by atoms with van der Waals surface area (Å²) in [4.78, 5) is 13.7. The van der Waals surface area contributed by atoms with E-state index in [1.54, 1.807) is 7.11 Å². The number of benzene rings is 1. The maximum Gasteiger partial charge on any atom is 0.253 e. The van der Waals surface area contributed by atoms with Crippen molar-refractivity contribution in [1.29, 1.82) is 0 Å². The molecule has 15 heavy (non-hydrogen) atoms. The van der Waals surface area contributed by atoms with Gasteiger partial charge in [-0.05, 0) is 47.2 Å². The fraction of sp³-hybridized carbons (Fsp3) is 0.364. The number of methoxy groups -OCH3 is 1. The van der Waals surface area contributed by atoms with Crippen LogP contribution in [0.25, 0.3) is 0 Å². The summed E-state index contributed by atoms with van der Waals surface area (Å²) in [6.07, 6.45) is 1.12. The standard InChI is InChI=1S/C11H12INO2/c1-15-10-7-8(3-4-9(10)12)11(14)13-5-2-6-13/h3-4,7H,2,5-6H2,1H3. The number of halogens is 1. The van der Waals surface area contributed by atoms with Crippen LogP contribution >= 0.6 is 22.6 Å². The molecule has 0 aromatic heterocycles. The van der Waals surface area contributed by atoms with E-state index in [1.165, 1.54) is 0 Å². The van der Waals surface area contributed by atoms with Crippen LogP contribution in [-0.2, 0) is 0 Å². The molecule has 1 heterocycles. The van der Waals surface area contributed by atoms with E-state index >= 15 is 0 Å². The summed E-state index contributed by atoms with van der Waals surface area (Å²) >= 11 is 2.19. The summed E-state index contributed by atoms with van der Waals surface area (Å²) in [5.74, 6) is 0.873. The summed E-state index contributed by atoms with van der Waals surface area (Å²) in [5, 5.41) is 0. The van der Waals surface area contributed by atoms with Crippen molar-refractivity contribution in [2.45, 2.75) is 6.42 Å². The summed E-state index contributed by atoms with van der Waals surface area (Å²) in [6, 6.07) is 5.57. The Kier molecular flexibility index (Phi) is 3.14. The molecule has 1 amide bonds. The van der Waals surface area contributed by atoms with Crippen LogP contribution in [0.3, 0.4) is 0 Å². The van der Waals surface area contributed by atoms with Gasteiger partial charge in [0.15, 0.2) is 0 Å². The molecule has 2 rings (SSSR count). The van der Waals surface area contributed by atoms with Crippen LogP contribution in [0.15, 0.2) is 18.2 Å². The largest absolute Gasteiger partial charge is 0.496 e. The van der Waals surface area contributed by atoms with Crippen molar-refractivity contribution < 1.29 is 9.53 Å². The second-order valence-electron chi connectivity index (χ2n) is 3.50. The van der Waals surface area contributed by atoms with Crippen LogP contribution in [0.4, 0.5) is 0 Å². The van der Waals surface area contributed by atoms with Crippen LogP contribution in [0.5, 0.6) is 5.75 Å². The molecule has 0 aliphatic carbocycles. The number of rotatable bonds is 2. The van der Waals surface area contributed by atoms with E-state index < -0.39 is 0 Å². The molecule has 3 nitrogen and oxygen atoms in total. The number of amides is 1. The lowest BCUT2D eigenvalue weighted by molar-refractivity contribution is 0.0651. The predicted octanol–water partition coefficient (Wildman–Crippen LogP) is 2.15. The van der Waals surface area contributed by atoms with Gasteiger partial charge >= 0.3 is 0 Å². The maximum absolute atomic E-state index is 11.9. The summed E-state index contributed by atoms with van der Waals surface area (Å²) in [6.45, 7) is 1.76. The Balaban J connectivity index is 2.24. The minimum absolute atomic E-state index is 0.107. The first-order valence-electron chi connectivity index (χ1n) is 4.85. The normalized spacial score (nSPS) is 14.7. The first-order valence-corrected chi connectivity index (χ1v) is 5.93. The molecule has 0 spiro atoms. The van der Waals surface area contributed by atoms with Gasteiger partial charge in [-0.15, -0.1) is 0 Å². The van der Waals surface area contributed by atoms with Gasteiger partial charge in [-0.1, -0.05) is 0 Å². The van der Waals surface area contributed by atoms with E-state index in [1.807, 2.05) is 23.1 Å². The Bertz CT molecular complexity index is 388. The third kappa shape index (κ3) is 2.09. The van der Waals surface area contributed by atoms with E-state index in [2.05, 4.69) is 22.6 Å². The third-order valence-corrected chi connectivity index (χ3v) is 3.43. The van der Waals surface area contributed by atoms with Gasteiger partial charge < -0.3 is 9.64 Å². The number of likely N-dealkylation sites (tertiary alicyclic amines) is 1. The maximum atomic E-state index is 11.9. The van der Waals surface area contributed by atoms with Crippen LogP contribution in [0, 0.1) is 3.57 Å². The molecule has 0 bridgehead atoms. The molecular formula is C11H12INO2. The zero-order valence-electron chi connectivity index (χ0n) is 8.50. The molecule has 1 aliphatic heterocycles. The summed E-state index contributed by atoms with van der Waals surface area (Å²) in [7, 11) is 1.62. The lowest BCUT2D eigenvalue weighted by atomic mass is 10.1. The van der Waals surface area contributed by atoms with E-state index in [4.69, 9.17) is 4.74 Å². The minimum atomic E-state index is 0.107. The fourth-order valence-corrected chi connectivity index (χ4v) is 2.05. The second-order valence-corrected chi connectivity index (χ2v) is 4.66. The molecule has 0 saturated carbocycles. The molecule has 1 aliphatic rings. The van der Waals surface area contributed by atoms with Gasteiger partial charge in [-0.3, -0.25) is 4.79 Å². The van der Waals surface area contributed by atoms with Gasteiger partial charge in [0.1, 0.15) is 5.75 Å². The van der Waals surface area contributed by atoms with Gasteiger partial charge in [0.2, 0.25) is 0 Å². The van der Waals surface area contributed by atoms with E-state index in [0.29, 0.717) is 5.56 Å². The highest BCUT2D eigenvalue weighted by Gasteiger charge is 2.22. The van der Waals surface area contributed by atoms with Crippen molar-refractivity contribution in [2.75, 3.05) is 20.2 Å². The minimum Gasteiger partial charge on any atom is -0.496 e. The van der Waals surface area contributed by atoms with E-state index in [0.717, 1.165) is 28.8 Å². The molecule has 0 radical (unpaired) electrons. The van der Waals surface area contributed by atoms with Crippen LogP contribution in [-0.4, -0.2) is 31.0 Å². The number of hydrogen-bond donors (Lipinski definition) is 0. The van der Waals surface area contributed by atoms with E-state index in [-0.39, 0.29) is 5.91 Å². The van der Waals surface area contributed by atoms with Crippen LogP contribution in [0.1, 0.15) is 16.8 Å². The highest BCUT2D eigenvalue weighted by atomic mass is 127. The quantitative estimate of drug-likeness (QED) is 0.782. The molecule has 1 saturated heterocycles. The average molecular weight is 317 g/mol. The molecule has 1 aromatic rings. The lowest BCUT2D eigenvalue weighted by Gasteiger charge is -2.31. The van der Waals surface area contributed by atoms with Gasteiger partial charge in [0, 0.05) is 18.7 Å². The summed E-state index contributed by atoms with van der Waals surface area (Å²) in [5.41, 5.74) is 0.715. The van der Waals surface area contributed by atoms with Crippen molar-refractivity contribution in [2.24, 2.45) is 0 Å². The number of carbonyl (C=O) groups excluding carboxylic acids is 1. The average Bonchev–Trinajstić information content (AvgIpc) is 2.15. The second kappa shape index (κ2) is 4.38. The first kappa shape index (κ1) is 10.7. The molecule has 0 unspecified atom stereocenters. The highest BCUT2D eigenvalue weighted by Crippen LogP contribution is 2.23. The Morgan fingerprint density at radius 3 is 2.73 bits per heavy atom. The van der Waals surface area contributed by atoms with Gasteiger partial charge in [-0.25, -0.2) is 0 Å². The van der Waals surface area contributed by atoms with Crippen molar-refractivity contribution >= 4 is 28.5 Å². The third-order valence-electron chi connectivity index (χ3n) is 2.54. The zero-order chi connectivity index (χ0) is 10.8. The van der Waals surface area contributed by atoms with Gasteiger partial charge in [-0.2, -0.15) is 0 Å². The van der Waals surface area contributed by atoms with Gasteiger partial charge in [0.25, 0.3) is 5.91 Å². The molecule has 80 valence electrons. The topological polar surface area (TPSA) is 29.5 Å². The van der Waals surface area contributed by atoms with Crippen molar-refractivity contribution in [3.8, 4) is 5.75 Å².